The van der Waals surface area contributed by atoms with Gasteiger partial charge in [-0.3, -0.25) is 4.40 Å². The van der Waals surface area contributed by atoms with Gasteiger partial charge in [-0.15, -0.1) is 11.3 Å². The van der Waals surface area contributed by atoms with Crippen LogP contribution in [0.4, 0.5) is 0 Å². The predicted octanol–water partition coefficient (Wildman–Crippen LogP) is 5.97. The molecular formula is C15H14Br2N2OS. The number of benzene rings is 1. The summed E-state index contributed by atoms with van der Waals surface area (Å²) >= 11 is 8.65. The summed E-state index contributed by atoms with van der Waals surface area (Å²) < 4.78 is 9.23. The average Bonchev–Trinajstić information content (AvgIpc) is 3.00. The number of rotatable bonds is 4. The van der Waals surface area contributed by atoms with E-state index in [1.165, 1.54) is 5.56 Å². The van der Waals surface area contributed by atoms with Crippen LogP contribution in [0.5, 0.6) is 11.6 Å². The van der Waals surface area contributed by atoms with Crippen LogP contribution in [0.1, 0.15) is 31.0 Å². The standard InChI is InChI=1S/C15H14Br2N2OS/c1-9(2)11-7-10(17)3-4-13(11)20-14-12(8-16)19-5-6-21-15(19)18-14/h3-7,9H,8H2,1-2H3. The van der Waals surface area contributed by atoms with Crippen LogP contribution in [0, 0.1) is 0 Å². The molecule has 3 rings (SSSR count). The summed E-state index contributed by atoms with van der Waals surface area (Å²) in [5, 5.41) is 2.73. The number of halogens is 2. The lowest BCUT2D eigenvalue weighted by Gasteiger charge is -2.13. The van der Waals surface area contributed by atoms with Crippen molar-refractivity contribution in [3.05, 3.63) is 45.5 Å². The zero-order valence-corrected chi connectivity index (χ0v) is 15.6. The molecule has 0 saturated carbocycles. The Balaban J connectivity index is 2.04. The molecule has 0 aliphatic heterocycles. The van der Waals surface area contributed by atoms with Gasteiger partial charge >= 0.3 is 0 Å². The molecule has 2 heterocycles. The normalized spacial score (nSPS) is 11.5. The third kappa shape index (κ3) is 2.89. The molecule has 21 heavy (non-hydrogen) atoms. The molecule has 2 aromatic heterocycles. The first-order valence-corrected chi connectivity index (χ1v) is 9.37. The van der Waals surface area contributed by atoms with Crippen LogP contribution in [-0.2, 0) is 5.33 Å². The van der Waals surface area contributed by atoms with Gasteiger partial charge < -0.3 is 4.74 Å². The Morgan fingerprint density at radius 2 is 2.19 bits per heavy atom. The van der Waals surface area contributed by atoms with Crippen LogP contribution in [-0.4, -0.2) is 9.38 Å². The maximum atomic E-state index is 6.12. The fourth-order valence-electron chi connectivity index (χ4n) is 2.18. The van der Waals surface area contributed by atoms with Gasteiger partial charge in [-0.1, -0.05) is 45.7 Å². The molecule has 6 heteroatoms. The van der Waals surface area contributed by atoms with Crippen LogP contribution in [0.2, 0.25) is 0 Å². The summed E-state index contributed by atoms with van der Waals surface area (Å²) in [5.41, 5.74) is 2.20. The number of ether oxygens (including phenoxy) is 1. The summed E-state index contributed by atoms with van der Waals surface area (Å²) in [6.45, 7) is 4.32. The van der Waals surface area contributed by atoms with Crippen LogP contribution < -0.4 is 4.74 Å². The van der Waals surface area contributed by atoms with Crippen molar-refractivity contribution in [1.29, 1.82) is 0 Å². The molecule has 0 spiro atoms. The molecule has 0 unspecified atom stereocenters. The van der Waals surface area contributed by atoms with Gasteiger partial charge in [-0.05, 0) is 29.7 Å². The van der Waals surface area contributed by atoms with E-state index in [2.05, 4.69) is 61.2 Å². The number of hydrogen-bond donors (Lipinski definition) is 0. The molecule has 3 nitrogen and oxygen atoms in total. The van der Waals surface area contributed by atoms with Crippen LogP contribution in [0.15, 0.2) is 34.2 Å². The van der Waals surface area contributed by atoms with E-state index in [9.17, 15) is 0 Å². The van der Waals surface area contributed by atoms with Gasteiger partial charge in [0.05, 0.1) is 5.69 Å². The summed E-state index contributed by atoms with van der Waals surface area (Å²) in [7, 11) is 0. The summed E-state index contributed by atoms with van der Waals surface area (Å²) in [4.78, 5) is 5.53. The van der Waals surface area contributed by atoms with Crippen molar-refractivity contribution in [2.75, 3.05) is 0 Å². The molecule has 0 bridgehead atoms. The second kappa shape index (κ2) is 6.10. The highest BCUT2D eigenvalue weighted by molar-refractivity contribution is 9.10. The van der Waals surface area contributed by atoms with Gasteiger partial charge in [0.1, 0.15) is 5.75 Å². The molecular weight excluding hydrogens is 416 g/mol. The number of aromatic nitrogens is 2. The van der Waals surface area contributed by atoms with Crippen molar-refractivity contribution >= 4 is 48.2 Å². The summed E-state index contributed by atoms with van der Waals surface area (Å²) in [6, 6.07) is 6.09. The number of hydrogen-bond acceptors (Lipinski definition) is 3. The highest BCUT2D eigenvalue weighted by atomic mass is 79.9. The maximum Gasteiger partial charge on any atom is 0.243 e. The molecule has 0 radical (unpaired) electrons. The smallest absolute Gasteiger partial charge is 0.243 e. The first kappa shape index (κ1) is 15.1. The largest absolute Gasteiger partial charge is 0.437 e. The number of nitrogens with zero attached hydrogens (tertiary/aromatic N) is 2. The Bertz CT molecular complexity index is 779. The number of imidazole rings is 1. The van der Waals surface area contributed by atoms with Gasteiger partial charge in [0.15, 0.2) is 4.96 Å². The Morgan fingerprint density at radius 3 is 2.90 bits per heavy atom. The second-order valence-electron chi connectivity index (χ2n) is 4.99. The number of thiazole rings is 1. The Hall–Kier alpha value is -0.850. The zero-order chi connectivity index (χ0) is 15.0. The first-order valence-electron chi connectivity index (χ1n) is 6.58. The summed E-state index contributed by atoms with van der Waals surface area (Å²) in [5.74, 6) is 1.91. The van der Waals surface area contributed by atoms with Crippen molar-refractivity contribution in [1.82, 2.24) is 9.38 Å². The lowest BCUT2D eigenvalue weighted by Crippen LogP contribution is -1.96. The number of alkyl halides is 1. The van der Waals surface area contributed by atoms with Crippen molar-refractivity contribution in [3.63, 3.8) is 0 Å². The Morgan fingerprint density at radius 1 is 1.38 bits per heavy atom. The van der Waals surface area contributed by atoms with Crippen molar-refractivity contribution in [2.45, 2.75) is 25.1 Å². The van der Waals surface area contributed by atoms with E-state index in [4.69, 9.17) is 4.74 Å². The Labute approximate surface area is 144 Å². The minimum absolute atomic E-state index is 0.383. The molecule has 0 amide bonds. The van der Waals surface area contributed by atoms with Gasteiger partial charge in [0, 0.05) is 21.4 Å². The van der Waals surface area contributed by atoms with Crippen LogP contribution >= 0.6 is 43.2 Å². The lowest BCUT2D eigenvalue weighted by atomic mass is 10.0. The van der Waals surface area contributed by atoms with E-state index < -0.39 is 0 Å². The van der Waals surface area contributed by atoms with Crippen LogP contribution in [0.3, 0.4) is 0 Å². The molecule has 3 aromatic rings. The van der Waals surface area contributed by atoms with Gasteiger partial charge in [-0.25, -0.2) is 0 Å². The maximum absolute atomic E-state index is 6.12. The van der Waals surface area contributed by atoms with Crippen LogP contribution in [0.25, 0.3) is 4.96 Å². The first-order chi connectivity index (χ1) is 10.1. The molecule has 0 aliphatic rings. The van der Waals surface area contributed by atoms with Crippen molar-refractivity contribution in [3.8, 4) is 11.6 Å². The molecule has 1 aromatic carbocycles. The third-order valence-electron chi connectivity index (χ3n) is 3.25. The van der Waals surface area contributed by atoms with E-state index in [1.54, 1.807) is 11.3 Å². The molecule has 0 aliphatic carbocycles. The van der Waals surface area contributed by atoms with Gasteiger partial charge in [0.2, 0.25) is 5.88 Å². The predicted molar refractivity (Wildman–Crippen MR) is 94.0 cm³/mol. The van der Waals surface area contributed by atoms with Crippen molar-refractivity contribution in [2.24, 2.45) is 0 Å². The van der Waals surface area contributed by atoms with E-state index in [1.807, 2.05) is 23.7 Å². The second-order valence-corrected chi connectivity index (χ2v) is 7.34. The fraction of sp³-hybridized carbons (Fsp3) is 0.267. The van der Waals surface area contributed by atoms with E-state index in [0.717, 1.165) is 20.9 Å². The van der Waals surface area contributed by atoms with Gasteiger partial charge in [-0.2, -0.15) is 4.98 Å². The molecule has 0 saturated heterocycles. The van der Waals surface area contributed by atoms with Crippen molar-refractivity contribution < 1.29 is 4.74 Å². The molecule has 110 valence electrons. The topological polar surface area (TPSA) is 26.5 Å². The third-order valence-corrected chi connectivity index (χ3v) is 5.03. The molecule has 0 N–H and O–H groups in total. The minimum atomic E-state index is 0.383. The van der Waals surface area contributed by atoms with E-state index >= 15 is 0 Å². The minimum Gasteiger partial charge on any atom is -0.437 e. The van der Waals surface area contributed by atoms with E-state index in [-0.39, 0.29) is 0 Å². The molecule has 0 atom stereocenters. The molecule has 0 fully saturated rings. The quantitative estimate of drug-likeness (QED) is 0.477. The lowest BCUT2D eigenvalue weighted by molar-refractivity contribution is 0.453. The monoisotopic (exact) mass is 428 g/mol. The zero-order valence-electron chi connectivity index (χ0n) is 11.6. The fourth-order valence-corrected chi connectivity index (χ4v) is 3.80. The Kier molecular flexibility index (Phi) is 4.38. The average molecular weight is 430 g/mol. The van der Waals surface area contributed by atoms with Gasteiger partial charge in [0.25, 0.3) is 0 Å². The highest BCUT2D eigenvalue weighted by Crippen LogP contribution is 2.35. The number of fused-ring (bicyclic) bond motifs is 1. The highest BCUT2D eigenvalue weighted by Gasteiger charge is 2.16. The SMILES string of the molecule is CC(C)c1cc(Br)ccc1Oc1nc2sccn2c1CBr. The summed E-state index contributed by atoms with van der Waals surface area (Å²) in [6.07, 6.45) is 2.02. The van der Waals surface area contributed by atoms with E-state index in [0.29, 0.717) is 17.1 Å².